The van der Waals surface area contributed by atoms with Crippen LogP contribution in [0.5, 0.6) is 0 Å². The number of aliphatic hydroxyl groups excluding tert-OH is 2. The maximum atomic E-state index is 11.8. The van der Waals surface area contributed by atoms with E-state index in [1.165, 1.54) is 0 Å². The number of hydrogen-bond acceptors (Lipinski definition) is 5. The Balaban J connectivity index is 2.02. The van der Waals surface area contributed by atoms with Crippen LogP contribution in [0.2, 0.25) is 0 Å². The van der Waals surface area contributed by atoms with Crippen LogP contribution in [0.3, 0.4) is 0 Å². The van der Waals surface area contributed by atoms with Crippen LogP contribution in [0, 0.1) is 0 Å². The van der Waals surface area contributed by atoms with E-state index in [0.717, 1.165) is 0 Å². The van der Waals surface area contributed by atoms with Crippen molar-refractivity contribution in [3.63, 3.8) is 0 Å². The van der Waals surface area contributed by atoms with Gasteiger partial charge in [0.25, 0.3) is 0 Å². The molecule has 0 unspecified atom stereocenters. The summed E-state index contributed by atoms with van der Waals surface area (Å²) in [7, 11) is 0. The Labute approximate surface area is 105 Å². The molecule has 1 aliphatic heterocycles. The summed E-state index contributed by atoms with van der Waals surface area (Å²) in [6.45, 7) is 1.62. The SMILES string of the molecule is C[C@H]1O[C@H](O)C[C@@H](OC(=O)c2ccccc2)[C@@H]1O. The Kier molecular flexibility index (Phi) is 3.96. The second kappa shape index (κ2) is 5.48. The molecule has 1 heterocycles. The maximum absolute atomic E-state index is 11.8. The number of esters is 1. The Morgan fingerprint density at radius 2 is 2.00 bits per heavy atom. The van der Waals surface area contributed by atoms with Crippen molar-refractivity contribution in [1.82, 2.24) is 0 Å². The van der Waals surface area contributed by atoms with Gasteiger partial charge in [0.05, 0.1) is 11.7 Å². The zero-order valence-corrected chi connectivity index (χ0v) is 10.0. The van der Waals surface area contributed by atoms with E-state index in [1.807, 2.05) is 0 Å². The fourth-order valence-electron chi connectivity index (χ4n) is 1.92. The Morgan fingerprint density at radius 3 is 2.67 bits per heavy atom. The highest BCUT2D eigenvalue weighted by atomic mass is 16.6. The zero-order valence-electron chi connectivity index (χ0n) is 10.0. The van der Waals surface area contributed by atoms with Crippen LogP contribution in [-0.2, 0) is 9.47 Å². The molecule has 2 N–H and O–H groups in total. The van der Waals surface area contributed by atoms with Crippen LogP contribution in [0.15, 0.2) is 30.3 Å². The second-order valence-electron chi connectivity index (χ2n) is 4.33. The van der Waals surface area contributed by atoms with Gasteiger partial charge in [-0.15, -0.1) is 0 Å². The highest BCUT2D eigenvalue weighted by molar-refractivity contribution is 5.89. The van der Waals surface area contributed by atoms with Crippen molar-refractivity contribution in [3.05, 3.63) is 35.9 Å². The number of benzene rings is 1. The number of aliphatic hydroxyl groups is 2. The third-order valence-corrected chi connectivity index (χ3v) is 2.94. The molecular weight excluding hydrogens is 236 g/mol. The van der Waals surface area contributed by atoms with Gasteiger partial charge in [0.1, 0.15) is 12.2 Å². The third-order valence-electron chi connectivity index (χ3n) is 2.94. The van der Waals surface area contributed by atoms with Gasteiger partial charge in [0.2, 0.25) is 0 Å². The van der Waals surface area contributed by atoms with Crippen molar-refractivity contribution < 1.29 is 24.5 Å². The van der Waals surface area contributed by atoms with E-state index in [2.05, 4.69) is 0 Å². The maximum Gasteiger partial charge on any atom is 0.338 e. The van der Waals surface area contributed by atoms with Crippen molar-refractivity contribution in [1.29, 1.82) is 0 Å². The summed E-state index contributed by atoms with van der Waals surface area (Å²) in [5.41, 5.74) is 0.415. The van der Waals surface area contributed by atoms with Crippen molar-refractivity contribution in [2.45, 2.75) is 37.9 Å². The number of carbonyl (C=O) groups excluding carboxylic acids is 1. The summed E-state index contributed by atoms with van der Waals surface area (Å²) in [6, 6.07) is 8.52. The summed E-state index contributed by atoms with van der Waals surface area (Å²) in [4.78, 5) is 11.8. The molecule has 1 aliphatic rings. The molecular formula is C13H16O5. The average molecular weight is 252 g/mol. The van der Waals surface area contributed by atoms with Crippen molar-refractivity contribution >= 4 is 5.97 Å². The minimum Gasteiger partial charge on any atom is -0.456 e. The fourth-order valence-corrected chi connectivity index (χ4v) is 1.92. The van der Waals surface area contributed by atoms with E-state index in [1.54, 1.807) is 37.3 Å². The first-order chi connectivity index (χ1) is 8.58. The molecule has 0 saturated carbocycles. The molecule has 0 spiro atoms. The van der Waals surface area contributed by atoms with Crippen molar-refractivity contribution in [2.75, 3.05) is 0 Å². The molecule has 18 heavy (non-hydrogen) atoms. The number of carbonyl (C=O) groups is 1. The molecule has 0 amide bonds. The molecule has 2 rings (SSSR count). The third kappa shape index (κ3) is 2.87. The number of hydrogen-bond donors (Lipinski definition) is 2. The van der Waals surface area contributed by atoms with Crippen LogP contribution in [0.1, 0.15) is 23.7 Å². The van der Waals surface area contributed by atoms with Crippen LogP contribution < -0.4 is 0 Å². The lowest BCUT2D eigenvalue weighted by Gasteiger charge is -2.35. The van der Waals surface area contributed by atoms with Gasteiger partial charge in [0.15, 0.2) is 6.29 Å². The summed E-state index contributed by atoms with van der Waals surface area (Å²) in [5.74, 6) is -0.513. The van der Waals surface area contributed by atoms with Gasteiger partial charge in [-0.3, -0.25) is 0 Å². The fraction of sp³-hybridized carbons (Fsp3) is 0.462. The van der Waals surface area contributed by atoms with Gasteiger partial charge in [-0.2, -0.15) is 0 Å². The first kappa shape index (κ1) is 13.0. The monoisotopic (exact) mass is 252 g/mol. The van der Waals surface area contributed by atoms with Gasteiger partial charge in [0, 0.05) is 6.42 Å². The average Bonchev–Trinajstić information content (AvgIpc) is 2.36. The van der Waals surface area contributed by atoms with E-state index in [4.69, 9.17) is 9.47 Å². The van der Waals surface area contributed by atoms with Gasteiger partial charge in [-0.1, -0.05) is 18.2 Å². The van der Waals surface area contributed by atoms with Gasteiger partial charge >= 0.3 is 5.97 Å². The minimum absolute atomic E-state index is 0.0735. The van der Waals surface area contributed by atoms with Crippen LogP contribution in [0.25, 0.3) is 0 Å². The Bertz CT molecular complexity index is 405. The van der Waals surface area contributed by atoms with Gasteiger partial charge < -0.3 is 19.7 Å². The van der Waals surface area contributed by atoms with E-state index in [-0.39, 0.29) is 6.42 Å². The molecule has 1 fully saturated rings. The normalized spacial score (nSPS) is 31.9. The first-order valence-corrected chi connectivity index (χ1v) is 5.85. The predicted molar refractivity (Wildman–Crippen MR) is 62.8 cm³/mol. The highest BCUT2D eigenvalue weighted by Gasteiger charge is 2.37. The standard InChI is InChI=1S/C13H16O5/c1-8-12(15)10(7-11(14)17-8)18-13(16)9-5-3-2-4-6-9/h2-6,8,10-12,14-15H,7H2,1H3/t8-,10-,11+,12-/m1/s1. The van der Waals surface area contributed by atoms with E-state index in [0.29, 0.717) is 5.56 Å². The molecule has 98 valence electrons. The minimum atomic E-state index is -1.02. The molecule has 1 aromatic rings. The molecule has 5 nitrogen and oxygen atoms in total. The van der Waals surface area contributed by atoms with Crippen LogP contribution >= 0.6 is 0 Å². The topological polar surface area (TPSA) is 76.0 Å². The molecule has 0 aromatic heterocycles. The molecule has 0 radical (unpaired) electrons. The van der Waals surface area contributed by atoms with Crippen LogP contribution in [0.4, 0.5) is 0 Å². The Hall–Kier alpha value is -1.43. The molecule has 0 bridgehead atoms. The summed E-state index contributed by atoms with van der Waals surface area (Å²) >= 11 is 0. The largest absolute Gasteiger partial charge is 0.456 e. The summed E-state index contributed by atoms with van der Waals surface area (Å²) in [5, 5.41) is 19.3. The molecule has 1 saturated heterocycles. The predicted octanol–water partition coefficient (Wildman–Crippen LogP) is 0.700. The molecule has 0 aliphatic carbocycles. The quantitative estimate of drug-likeness (QED) is 0.758. The molecule has 4 atom stereocenters. The zero-order chi connectivity index (χ0) is 13.1. The summed E-state index contributed by atoms with van der Waals surface area (Å²) in [6.07, 6.45) is -3.19. The second-order valence-corrected chi connectivity index (χ2v) is 4.33. The van der Waals surface area contributed by atoms with Crippen LogP contribution in [-0.4, -0.2) is 40.8 Å². The Morgan fingerprint density at radius 1 is 1.33 bits per heavy atom. The van der Waals surface area contributed by atoms with Gasteiger partial charge in [-0.05, 0) is 19.1 Å². The number of rotatable bonds is 2. The lowest BCUT2D eigenvalue weighted by Crippen LogP contribution is -2.48. The summed E-state index contributed by atoms with van der Waals surface area (Å²) < 4.78 is 10.2. The lowest BCUT2D eigenvalue weighted by atomic mass is 10.0. The number of ether oxygens (including phenoxy) is 2. The smallest absolute Gasteiger partial charge is 0.338 e. The molecule has 5 heteroatoms. The first-order valence-electron chi connectivity index (χ1n) is 5.85. The van der Waals surface area contributed by atoms with E-state index < -0.39 is 30.6 Å². The van der Waals surface area contributed by atoms with Gasteiger partial charge in [-0.25, -0.2) is 4.79 Å². The van der Waals surface area contributed by atoms with Crippen molar-refractivity contribution in [3.8, 4) is 0 Å². The lowest BCUT2D eigenvalue weighted by molar-refractivity contribution is -0.226. The van der Waals surface area contributed by atoms with E-state index >= 15 is 0 Å². The van der Waals surface area contributed by atoms with E-state index in [9.17, 15) is 15.0 Å². The molecule has 1 aromatic carbocycles. The van der Waals surface area contributed by atoms with Crippen molar-refractivity contribution in [2.24, 2.45) is 0 Å². The highest BCUT2D eigenvalue weighted by Crippen LogP contribution is 2.22.